The van der Waals surface area contributed by atoms with Gasteiger partial charge in [-0.3, -0.25) is 0 Å². The molecule has 0 atom stereocenters. The monoisotopic (exact) mass is 493 g/mol. The van der Waals surface area contributed by atoms with E-state index >= 15 is 0 Å². The molecule has 0 spiro atoms. The summed E-state index contributed by atoms with van der Waals surface area (Å²) in [5.41, 5.74) is 2.27. The first-order valence-electron chi connectivity index (χ1n) is 11.4. The van der Waals surface area contributed by atoms with Crippen LogP contribution in [-0.4, -0.2) is 58.8 Å². The molecular weight excluding hydrogens is 462 g/mol. The predicted octanol–water partition coefficient (Wildman–Crippen LogP) is 4.39. The summed E-state index contributed by atoms with van der Waals surface area (Å²) in [7, 11) is 8.20. The van der Waals surface area contributed by atoms with Gasteiger partial charge in [-0.25, -0.2) is 9.59 Å². The second-order valence-corrected chi connectivity index (χ2v) is 8.23. The van der Waals surface area contributed by atoms with E-state index in [9.17, 15) is 9.59 Å². The Hall–Kier alpha value is -4.04. The van der Waals surface area contributed by atoms with Gasteiger partial charge in [-0.2, -0.15) is 0 Å². The third kappa shape index (κ3) is 6.76. The van der Waals surface area contributed by atoms with E-state index in [1.54, 1.807) is 25.3 Å². The van der Waals surface area contributed by atoms with Gasteiger partial charge in [0.25, 0.3) is 0 Å². The minimum Gasteiger partial charge on any atom is -0.493 e. The molecule has 0 aliphatic rings. The molecule has 36 heavy (non-hydrogen) atoms. The van der Waals surface area contributed by atoms with Crippen molar-refractivity contribution in [3.8, 4) is 23.0 Å². The number of carbonyl (C=O) groups is 2. The van der Waals surface area contributed by atoms with E-state index < -0.39 is 11.9 Å². The summed E-state index contributed by atoms with van der Waals surface area (Å²) in [6.07, 6.45) is 0.575. The number of methoxy groups -OCH3 is 3. The van der Waals surface area contributed by atoms with Crippen molar-refractivity contribution in [2.75, 3.05) is 42.0 Å². The minimum atomic E-state index is -0.615. The van der Waals surface area contributed by atoms with Crippen molar-refractivity contribution in [3.63, 3.8) is 0 Å². The number of carbonyl (C=O) groups excluding carboxylic acids is 2. The van der Waals surface area contributed by atoms with E-state index in [2.05, 4.69) is 0 Å². The maximum atomic E-state index is 13.4. The van der Waals surface area contributed by atoms with Gasteiger partial charge in [-0.15, -0.1) is 0 Å². The quantitative estimate of drug-likeness (QED) is 0.287. The summed E-state index contributed by atoms with van der Waals surface area (Å²) < 4.78 is 27.4. The fraction of sp³-hybridized carbons (Fsp3) is 0.286. The lowest BCUT2D eigenvalue weighted by molar-refractivity contribution is 0.0597. The average Bonchev–Trinajstić information content (AvgIpc) is 2.90. The van der Waals surface area contributed by atoms with E-state index in [1.807, 2.05) is 49.3 Å². The third-order valence-corrected chi connectivity index (χ3v) is 5.46. The van der Waals surface area contributed by atoms with Gasteiger partial charge < -0.3 is 28.6 Å². The highest BCUT2D eigenvalue weighted by Gasteiger charge is 2.22. The van der Waals surface area contributed by atoms with E-state index in [4.69, 9.17) is 23.7 Å². The van der Waals surface area contributed by atoms with Gasteiger partial charge in [-0.1, -0.05) is 30.3 Å². The molecular formula is C28H31NO7. The Kier molecular flexibility index (Phi) is 9.30. The molecule has 0 amide bonds. The van der Waals surface area contributed by atoms with Crippen molar-refractivity contribution < 1.29 is 33.3 Å². The molecule has 0 aromatic heterocycles. The summed E-state index contributed by atoms with van der Waals surface area (Å²) in [5.74, 6) is 0.170. The summed E-state index contributed by atoms with van der Waals surface area (Å²) in [4.78, 5) is 27.4. The molecule has 0 fully saturated rings. The van der Waals surface area contributed by atoms with Gasteiger partial charge in [0.2, 0.25) is 0 Å². The van der Waals surface area contributed by atoms with Crippen LogP contribution in [0.25, 0.3) is 0 Å². The fourth-order valence-corrected chi connectivity index (χ4v) is 3.51. The number of likely N-dealkylation sites (N-methyl/N-ethyl adjacent to an activating group) is 1. The Morgan fingerprint density at radius 3 is 2.14 bits per heavy atom. The van der Waals surface area contributed by atoms with Gasteiger partial charge in [0, 0.05) is 6.54 Å². The van der Waals surface area contributed by atoms with Gasteiger partial charge >= 0.3 is 11.9 Å². The first kappa shape index (κ1) is 26.6. The molecule has 0 bridgehead atoms. The summed E-state index contributed by atoms with van der Waals surface area (Å²) in [6.45, 7) is 1.01. The van der Waals surface area contributed by atoms with E-state index in [0.29, 0.717) is 42.4 Å². The van der Waals surface area contributed by atoms with Crippen molar-refractivity contribution in [1.29, 1.82) is 0 Å². The largest absolute Gasteiger partial charge is 0.493 e. The second kappa shape index (κ2) is 12.6. The summed E-state index contributed by atoms with van der Waals surface area (Å²) in [6, 6.07) is 17.6. The molecule has 0 unspecified atom stereocenters. The van der Waals surface area contributed by atoms with E-state index in [-0.39, 0.29) is 11.3 Å². The molecule has 0 N–H and O–H groups in total. The van der Waals surface area contributed by atoms with Crippen LogP contribution in [-0.2, 0) is 17.8 Å². The highest BCUT2D eigenvalue weighted by molar-refractivity contribution is 5.95. The summed E-state index contributed by atoms with van der Waals surface area (Å²) in [5, 5.41) is 0. The number of hydrogen-bond donors (Lipinski definition) is 0. The predicted molar refractivity (Wildman–Crippen MR) is 135 cm³/mol. The van der Waals surface area contributed by atoms with Crippen LogP contribution in [0.5, 0.6) is 23.0 Å². The zero-order chi connectivity index (χ0) is 26.1. The van der Waals surface area contributed by atoms with Crippen LogP contribution in [0.1, 0.15) is 31.8 Å². The van der Waals surface area contributed by atoms with Crippen LogP contribution >= 0.6 is 0 Å². The Labute approximate surface area is 211 Å². The second-order valence-electron chi connectivity index (χ2n) is 8.23. The van der Waals surface area contributed by atoms with Crippen LogP contribution in [0.4, 0.5) is 0 Å². The summed E-state index contributed by atoms with van der Waals surface area (Å²) >= 11 is 0. The maximum Gasteiger partial charge on any atom is 0.344 e. The lowest BCUT2D eigenvalue weighted by Crippen LogP contribution is -2.18. The molecule has 190 valence electrons. The molecule has 3 rings (SSSR count). The lowest BCUT2D eigenvalue weighted by atomic mass is 10.0. The zero-order valence-electron chi connectivity index (χ0n) is 21.2. The standard InChI is InChI=1S/C28H31NO7/c1-29(2)14-13-20-15-24(33-4)25(35-18-19-9-7-6-8-10-19)17-22(20)28(31)36-26-16-21(27(30)34-5)11-12-23(26)32-3/h6-12,15-17H,13-14,18H2,1-5H3. The fourth-order valence-electron chi connectivity index (χ4n) is 3.51. The average molecular weight is 494 g/mol. The molecule has 8 heteroatoms. The number of hydrogen-bond acceptors (Lipinski definition) is 8. The molecule has 3 aromatic carbocycles. The van der Waals surface area contributed by atoms with Crippen molar-refractivity contribution in [1.82, 2.24) is 4.90 Å². The topological polar surface area (TPSA) is 83.5 Å². The molecule has 0 aliphatic carbocycles. The van der Waals surface area contributed by atoms with Crippen molar-refractivity contribution in [3.05, 3.63) is 82.9 Å². The van der Waals surface area contributed by atoms with Crippen molar-refractivity contribution in [2.45, 2.75) is 13.0 Å². The lowest BCUT2D eigenvalue weighted by Gasteiger charge is -2.18. The number of nitrogens with zero attached hydrogens (tertiary/aromatic N) is 1. The van der Waals surface area contributed by atoms with Crippen molar-refractivity contribution in [2.24, 2.45) is 0 Å². The Morgan fingerprint density at radius 1 is 0.778 bits per heavy atom. The van der Waals surface area contributed by atoms with E-state index in [0.717, 1.165) is 11.1 Å². The molecule has 0 saturated carbocycles. The Balaban J connectivity index is 1.97. The SMILES string of the molecule is COC(=O)c1ccc(OC)c(OC(=O)c2cc(OCc3ccccc3)c(OC)cc2CCN(C)C)c1. The first-order valence-corrected chi connectivity index (χ1v) is 11.4. The molecule has 0 heterocycles. The van der Waals surface area contributed by atoms with E-state index in [1.165, 1.54) is 26.4 Å². The third-order valence-electron chi connectivity index (χ3n) is 5.46. The van der Waals surface area contributed by atoms with Crippen LogP contribution < -0.4 is 18.9 Å². The Morgan fingerprint density at radius 2 is 1.50 bits per heavy atom. The highest BCUT2D eigenvalue weighted by atomic mass is 16.6. The number of benzene rings is 3. The number of rotatable bonds is 11. The van der Waals surface area contributed by atoms with Crippen LogP contribution in [0.2, 0.25) is 0 Å². The molecule has 3 aromatic rings. The molecule has 0 aliphatic heterocycles. The Bertz CT molecular complexity index is 1190. The van der Waals surface area contributed by atoms with Crippen LogP contribution in [0.15, 0.2) is 60.7 Å². The van der Waals surface area contributed by atoms with Crippen molar-refractivity contribution >= 4 is 11.9 Å². The normalized spacial score (nSPS) is 10.6. The van der Waals surface area contributed by atoms with Gasteiger partial charge in [0.1, 0.15) is 6.61 Å². The van der Waals surface area contributed by atoms with Crippen LogP contribution in [0.3, 0.4) is 0 Å². The smallest absolute Gasteiger partial charge is 0.344 e. The molecule has 0 radical (unpaired) electrons. The number of esters is 2. The molecule has 8 nitrogen and oxygen atoms in total. The highest BCUT2D eigenvalue weighted by Crippen LogP contribution is 2.34. The first-order chi connectivity index (χ1) is 17.4. The zero-order valence-corrected chi connectivity index (χ0v) is 21.2. The van der Waals surface area contributed by atoms with Crippen LogP contribution in [0, 0.1) is 0 Å². The molecule has 0 saturated heterocycles. The van der Waals surface area contributed by atoms with Gasteiger partial charge in [0.05, 0.1) is 32.5 Å². The van der Waals surface area contributed by atoms with Gasteiger partial charge in [-0.05, 0) is 62.0 Å². The minimum absolute atomic E-state index is 0.103. The van der Waals surface area contributed by atoms with Gasteiger partial charge in [0.15, 0.2) is 23.0 Å². The maximum absolute atomic E-state index is 13.4. The number of ether oxygens (including phenoxy) is 5.